The summed E-state index contributed by atoms with van der Waals surface area (Å²) in [6.07, 6.45) is 3.80. The van der Waals surface area contributed by atoms with E-state index in [-0.39, 0.29) is 17.0 Å². The maximum atomic E-state index is 13.2. The molecular weight excluding hydrogens is 468 g/mol. The molecule has 0 saturated heterocycles. The van der Waals surface area contributed by atoms with Gasteiger partial charge in [-0.1, -0.05) is 48.4 Å². The summed E-state index contributed by atoms with van der Waals surface area (Å²) in [4.78, 5) is 26.1. The van der Waals surface area contributed by atoms with Crippen molar-refractivity contribution in [2.75, 3.05) is 19.0 Å². The Labute approximate surface area is 204 Å². The highest BCUT2D eigenvalue weighted by Crippen LogP contribution is 2.28. The highest BCUT2D eigenvalue weighted by atomic mass is 32.2. The quantitative estimate of drug-likeness (QED) is 0.350. The van der Waals surface area contributed by atoms with Crippen molar-refractivity contribution in [1.29, 1.82) is 0 Å². The molecule has 3 aromatic carbocycles. The van der Waals surface area contributed by atoms with E-state index in [1.807, 2.05) is 13.0 Å². The van der Waals surface area contributed by atoms with Gasteiger partial charge in [0, 0.05) is 5.56 Å². The van der Waals surface area contributed by atoms with Crippen molar-refractivity contribution in [3.05, 3.63) is 89.5 Å². The average Bonchev–Trinajstić information content (AvgIpc) is 2.86. The Morgan fingerprint density at radius 3 is 2.46 bits per heavy atom. The van der Waals surface area contributed by atoms with Crippen LogP contribution in [0.2, 0.25) is 0 Å². The third-order valence-corrected chi connectivity index (χ3v) is 6.32. The van der Waals surface area contributed by atoms with Gasteiger partial charge < -0.3 is 14.8 Å². The predicted molar refractivity (Wildman–Crippen MR) is 131 cm³/mol. The van der Waals surface area contributed by atoms with Gasteiger partial charge in [0.1, 0.15) is 5.75 Å². The van der Waals surface area contributed by atoms with Crippen LogP contribution in [-0.2, 0) is 19.6 Å². The van der Waals surface area contributed by atoms with Crippen molar-refractivity contribution in [2.45, 2.75) is 17.9 Å². The van der Waals surface area contributed by atoms with Crippen LogP contribution >= 0.6 is 0 Å². The zero-order chi connectivity index (χ0) is 25.4. The predicted octanol–water partition coefficient (Wildman–Crippen LogP) is 3.45. The molecule has 0 saturated carbocycles. The van der Waals surface area contributed by atoms with E-state index in [2.05, 4.69) is 16.0 Å². The summed E-state index contributed by atoms with van der Waals surface area (Å²) in [5, 5.41) is 2.75. The molecule has 1 atom stereocenters. The van der Waals surface area contributed by atoms with Crippen molar-refractivity contribution in [1.82, 2.24) is 4.72 Å². The summed E-state index contributed by atoms with van der Waals surface area (Å²) in [5.74, 6) is 1.15. The SMILES string of the molecule is C#CCNS(=O)(=O)c1cccc(C(=O)OC(C(=O)Nc2cc(C)ccc2OC)c2ccccc2)c1. The average molecular weight is 493 g/mol. The van der Waals surface area contributed by atoms with Crippen LogP contribution in [0.5, 0.6) is 5.75 Å². The van der Waals surface area contributed by atoms with E-state index < -0.39 is 28.0 Å². The Kier molecular flexibility index (Phi) is 8.25. The van der Waals surface area contributed by atoms with E-state index in [0.717, 1.165) is 11.6 Å². The Bertz CT molecular complexity index is 1360. The number of esters is 1. The molecule has 3 aromatic rings. The molecule has 0 fully saturated rings. The van der Waals surface area contributed by atoms with Crippen LogP contribution in [0.15, 0.2) is 77.7 Å². The molecule has 2 N–H and O–H groups in total. The first kappa shape index (κ1) is 25.5. The van der Waals surface area contributed by atoms with E-state index >= 15 is 0 Å². The van der Waals surface area contributed by atoms with Crippen LogP contribution < -0.4 is 14.8 Å². The van der Waals surface area contributed by atoms with Gasteiger partial charge in [-0.15, -0.1) is 6.42 Å². The fraction of sp³-hybridized carbons (Fsp3) is 0.154. The number of carbonyl (C=O) groups excluding carboxylic acids is 2. The van der Waals surface area contributed by atoms with E-state index in [4.69, 9.17) is 15.9 Å². The molecule has 9 heteroatoms. The van der Waals surface area contributed by atoms with Crippen molar-refractivity contribution in [3.63, 3.8) is 0 Å². The number of terminal acetylenes is 1. The number of hydrogen-bond acceptors (Lipinski definition) is 6. The number of benzene rings is 3. The van der Waals surface area contributed by atoms with Crippen molar-refractivity contribution < 1.29 is 27.5 Å². The number of anilines is 1. The first-order chi connectivity index (χ1) is 16.7. The van der Waals surface area contributed by atoms with Crippen LogP contribution in [0.3, 0.4) is 0 Å². The van der Waals surface area contributed by atoms with E-state index in [0.29, 0.717) is 17.0 Å². The summed E-state index contributed by atoms with van der Waals surface area (Å²) in [5.41, 5.74) is 1.70. The maximum absolute atomic E-state index is 13.2. The van der Waals surface area contributed by atoms with Gasteiger partial charge in [-0.25, -0.2) is 13.2 Å². The van der Waals surface area contributed by atoms with E-state index in [1.54, 1.807) is 42.5 Å². The zero-order valence-corrected chi connectivity index (χ0v) is 20.0. The number of methoxy groups -OCH3 is 1. The second-order valence-electron chi connectivity index (χ2n) is 7.45. The second-order valence-corrected chi connectivity index (χ2v) is 9.21. The van der Waals surface area contributed by atoms with Crippen molar-refractivity contribution >= 4 is 27.6 Å². The minimum atomic E-state index is -3.92. The van der Waals surface area contributed by atoms with Gasteiger partial charge in [0.2, 0.25) is 16.1 Å². The smallest absolute Gasteiger partial charge is 0.339 e. The number of nitrogens with one attached hydrogen (secondary N) is 2. The third-order valence-electron chi connectivity index (χ3n) is 4.92. The topological polar surface area (TPSA) is 111 Å². The minimum absolute atomic E-state index is 0.0459. The van der Waals surface area contributed by atoms with Gasteiger partial charge in [0.15, 0.2) is 0 Å². The molecule has 3 rings (SSSR count). The fourth-order valence-electron chi connectivity index (χ4n) is 3.20. The Hall–Kier alpha value is -4.13. The monoisotopic (exact) mass is 492 g/mol. The molecule has 35 heavy (non-hydrogen) atoms. The van der Waals surface area contributed by atoms with Gasteiger partial charge in [0.25, 0.3) is 5.91 Å². The largest absolute Gasteiger partial charge is 0.495 e. The van der Waals surface area contributed by atoms with Crippen LogP contribution in [0.1, 0.15) is 27.6 Å². The molecule has 0 heterocycles. The minimum Gasteiger partial charge on any atom is -0.495 e. The number of hydrogen-bond donors (Lipinski definition) is 2. The van der Waals surface area contributed by atoms with Gasteiger partial charge in [-0.2, -0.15) is 4.72 Å². The molecule has 0 aliphatic carbocycles. The van der Waals surface area contributed by atoms with Gasteiger partial charge in [0.05, 0.1) is 29.8 Å². The van der Waals surface area contributed by atoms with E-state index in [1.165, 1.54) is 25.3 Å². The second kappa shape index (κ2) is 11.3. The molecule has 180 valence electrons. The van der Waals surface area contributed by atoms with Gasteiger partial charge in [-0.05, 0) is 42.8 Å². The standard InChI is InChI=1S/C26H24N2O6S/c1-4-15-27-35(31,32)21-12-8-11-20(17-21)26(30)34-24(19-9-6-5-7-10-19)25(29)28-22-16-18(2)13-14-23(22)33-3/h1,5-14,16-17,24,27H,15H2,2-3H3,(H,28,29). The molecule has 1 amide bonds. The van der Waals surface area contributed by atoms with Crippen molar-refractivity contribution in [2.24, 2.45) is 0 Å². The number of ether oxygens (including phenoxy) is 2. The van der Waals surface area contributed by atoms with E-state index in [9.17, 15) is 18.0 Å². The van der Waals surface area contributed by atoms with Crippen LogP contribution in [0, 0.1) is 19.3 Å². The summed E-state index contributed by atoms with van der Waals surface area (Å²) in [6.45, 7) is 1.67. The molecule has 0 radical (unpaired) electrons. The molecular formula is C26H24N2O6S. The number of sulfonamides is 1. The summed E-state index contributed by atoms with van der Waals surface area (Å²) in [7, 11) is -2.44. The number of amides is 1. The lowest BCUT2D eigenvalue weighted by Crippen LogP contribution is -2.26. The van der Waals surface area contributed by atoms with Crippen LogP contribution in [0.25, 0.3) is 0 Å². The first-order valence-corrected chi connectivity index (χ1v) is 12.0. The Morgan fingerprint density at radius 1 is 1.03 bits per heavy atom. The summed E-state index contributed by atoms with van der Waals surface area (Å²) < 4.78 is 37.9. The molecule has 1 unspecified atom stereocenters. The summed E-state index contributed by atoms with van der Waals surface area (Å²) in [6, 6.07) is 19.0. The molecule has 0 bridgehead atoms. The number of carbonyl (C=O) groups is 2. The first-order valence-electron chi connectivity index (χ1n) is 10.5. The Morgan fingerprint density at radius 2 is 1.77 bits per heavy atom. The van der Waals surface area contributed by atoms with Crippen LogP contribution in [-0.4, -0.2) is 33.9 Å². The lowest BCUT2D eigenvalue weighted by atomic mass is 10.1. The van der Waals surface area contributed by atoms with Gasteiger partial charge in [-0.3, -0.25) is 4.79 Å². The van der Waals surface area contributed by atoms with Gasteiger partial charge >= 0.3 is 5.97 Å². The van der Waals surface area contributed by atoms with Crippen molar-refractivity contribution in [3.8, 4) is 18.1 Å². The highest BCUT2D eigenvalue weighted by molar-refractivity contribution is 7.89. The normalized spacial score (nSPS) is 11.7. The molecule has 8 nitrogen and oxygen atoms in total. The molecule has 0 spiro atoms. The summed E-state index contributed by atoms with van der Waals surface area (Å²) >= 11 is 0. The fourth-order valence-corrected chi connectivity index (χ4v) is 4.18. The number of aryl methyl sites for hydroxylation is 1. The Balaban J connectivity index is 1.89. The zero-order valence-electron chi connectivity index (χ0n) is 19.1. The lowest BCUT2D eigenvalue weighted by Gasteiger charge is -2.19. The molecule has 0 aliphatic rings. The molecule has 0 aliphatic heterocycles. The lowest BCUT2D eigenvalue weighted by molar-refractivity contribution is -0.125. The highest BCUT2D eigenvalue weighted by Gasteiger charge is 2.27. The maximum Gasteiger partial charge on any atom is 0.339 e. The number of rotatable bonds is 9. The van der Waals surface area contributed by atoms with Crippen LogP contribution in [0.4, 0.5) is 5.69 Å². The third kappa shape index (κ3) is 6.47. The molecule has 0 aromatic heterocycles.